The number of methoxy groups -OCH3 is 1. The van der Waals surface area contributed by atoms with E-state index in [-0.39, 0.29) is 11.2 Å². The van der Waals surface area contributed by atoms with E-state index in [4.69, 9.17) is 4.74 Å². The lowest BCUT2D eigenvalue weighted by atomic mass is 9.69. The quantitative estimate of drug-likeness (QED) is 0.755. The van der Waals surface area contributed by atoms with Crippen molar-refractivity contribution >= 4 is 11.6 Å². The number of aromatic nitrogens is 2. The molecule has 1 aromatic heterocycles. The number of hydrogen-bond acceptors (Lipinski definition) is 5. The summed E-state index contributed by atoms with van der Waals surface area (Å²) in [5.74, 6) is 0.326. The second kappa shape index (κ2) is 5.97. The molecule has 140 valence electrons. The first-order valence-electron chi connectivity index (χ1n) is 8.83. The monoisotopic (exact) mass is 367 g/mol. The Hall–Kier alpha value is -3.09. The lowest BCUT2D eigenvalue weighted by molar-refractivity contribution is -0.118. The largest absolute Gasteiger partial charge is 0.496 e. The Kier molecular flexibility index (Phi) is 3.83. The fourth-order valence-electron chi connectivity index (χ4n) is 4.16. The van der Waals surface area contributed by atoms with Gasteiger partial charge in [0.05, 0.1) is 18.6 Å². The average molecular weight is 367 g/mol. The lowest BCUT2D eigenvalue weighted by Crippen LogP contribution is -2.39. The summed E-state index contributed by atoms with van der Waals surface area (Å²) in [7, 11) is 1.55. The molecule has 2 aliphatic rings. The van der Waals surface area contributed by atoms with Crippen LogP contribution in [0.4, 0.5) is 5.82 Å². The van der Waals surface area contributed by atoms with Crippen LogP contribution < -0.4 is 21.3 Å². The molecule has 0 spiro atoms. The van der Waals surface area contributed by atoms with Crippen LogP contribution in [0, 0.1) is 5.41 Å². The minimum Gasteiger partial charge on any atom is -0.496 e. The number of ether oxygens (including phenoxy) is 1. The summed E-state index contributed by atoms with van der Waals surface area (Å²) in [6.45, 7) is 4.06. The summed E-state index contributed by atoms with van der Waals surface area (Å²) in [5, 5.41) is 3.15. The number of allylic oxidation sites excluding steroid dienone is 2. The predicted octanol–water partition coefficient (Wildman–Crippen LogP) is 2.27. The molecule has 1 aromatic carbocycles. The van der Waals surface area contributed by atoms with E-state index in [2.05, 4.69) is 15.3 Å². The first kappa shape index (κ1) is 17.3. The molecule has 1 atom stereocenters. The first-order chi connectivity index (χ1) is 12.8. The van der Waals surface area contributed by atoms with Crippen LogP contribution in [0.5, 0.6) is 5.75 Å². The Morgan fingerprint density at radius 1 is 1.07 bits per heavy atom. The van der Waals surface area contributed by atoms with Crippen molar-refractivity contribution in [3.63, 3.8) is 0 Å². The Morgan fingerprint density at radius 3 is 2.56 bits per heavy atom. The number of ketones is 1. The summed E-state index contributed by atoms with van der Waals surface area (Å²) in [6, 6.07) is 7.33. The van der Waals surface area contributed by atoms with Crippen molar-refractivity contribution in [2.24, 2.45) is 5.41 Å². The Labute approximate surface area is 155 Å². The van der Waals surface area contributed by atoms with Crippen molar-refractivity contribution in [3.8, 4) is 5.75 Å². The van der Waals surface area contributed by atoms with Gasteiger partial charge in [0.2, 0.25) is 0 Å². The third-order valence-corrected chi connectivity index (χ3v) is 5.20. The highest BCUT2D eigenvalue weighted by Gasteiger charge is 2.42. The van der Waals surface area contributed by atoms with Crippen LogP contribution in [0.3, 0.4) is 0 Å². The van der Waals surface area contributed by atoms with Gasteiger partial charge < -0.3 is 10.1 Å². The van der Waals surface area contributed by atoms with Gasteiger partial charge in [-0.25, -0.2) is 4.79 Å². The van der Waals surface area contributed by atoms with Gasteiger partial charge in [0.15, 0.2) is 5.78 Å². The number of carbonyl (C=O) groups is 1. The normalized spacial score (nSPS) is 20.6. The molecule has 2 aromatic rings. The van der Waals surface area contributed by atoms with Crippen LogP contribution in [0.25, 0.3) is 0 Å². The maximum absolute atomic E-state index is 13.1. The van der Waals surface area contributed by atoms with Crippen LogP contribution in [-0.4, -0.2) is 22.9 Å². The van der Waals surface area contributed by atoms with E-state index in [0.717, 1.165) is 11.3 Å². The Morgan fingerprint density at radius 2 is 1.81 bits per heavy atom. The molecule has 7 heteroatoms. The van der Waals surface area contributed by atoms with Crippen LogP contribution in [-0.2, 0) is 4.79 Å². The van der Waals surface area contributed by atoms with E-state index in [9.17, 15) is 14.4 Å². The lowest BCUT2D eigenvalue weighted by Gasteiger charge is -2.38. The number of rotatable bonds is 2. The van der Waals surface area contributed by atoms with Gasteiger partial charge in [-0.2, -0.15) is 0 Å². The number of H-pyrrole nitrogens is 2. The van der Waals surface area contributed by atoms with Crippen molar-refractivity contribution in [2.45, 2.75) is 32.6 Å². The SMILES string of the molecule is COc1ccccc1[C@H]1C2=C(CC(C)(C)CC2=O)Nc2[nH]c(=O)[nH]c(=O)c21. The number of para-hydroxylation sites is 1. The van der Waals surface area contributed by atoms with Crippen LogP contribution >= 0.6 is 0 Å². The third-order valence-electron chi connectivity index (χ3n) is 5.20. The van der Waals surface area contributed by atoms with E-state index in [1.165, 1.54) is 0 Å². The molecule has 3 N–H and O–H groups in total. The van der Waals surface area contributed by atoms with Crippen molar-refractivity contribution in [1.29, 1.82) is 0 Å². The molecule has 0 bridgehead atoms. The number of benzene rings is 1. The van der Waals surface area contributed by atoms with Crippen molar-refractivity contribution in [1.82, 2.24) is 9.97 Å². The fourth-order valence-corrected chi connectivity index (χ4v) is 4.16. The number of aromatic amines is 2. The van der Waals surface area contributed by atoms with E-state index < -0.39 is 17.2 Å². The maximum atomic E-state index is 13.1. The van der Waals surface area contributed by atoms with E-state index in [1.807, 2.05) is 32.0 Å². The second-order valence-electron chi connectivity index (χ2n) is 7.83. The minimum atomic E-state index is -0.600. The zero-order valence-corrected chi connectivity index (χ0v) is 15.4. The summed E-state index contributed by atoms with van der Waals surface area (Å²) in [6.07, 6.45) is 1.05. The number of nitrogens with one attached hydrogen (secondary N) is 3. The molecule has 0 amide bonds. The predicted molar refractivity (Wildman–Crippen MR) is 101 cm³/mol. The molecule has 1 aliphatic heterocycles. The van der Waals surface area contributed by atoms with Crippen molar-refractivity contribution < 1.29 is 9.53 Å². The smallest absolute Gasteiger partial charge is 0.327 e. The molecule has 1 aliphatic carbocycles. The maximum Gasteiger partial charge on any atom is 0.327 e. The highest BCUT2D eigenvalue weighted by atomic mass is 16.5. The zero-order chi connectivity index (χ0) is 19.3. The molecule has 7 nitrogen and oxygen atoms in total. The summed E-state index contributed by atoms with van der Waals surface area (Å²) >= 11 is 0. The minimum absolute atomic E-state index is 0.000839. The standard InChI is InChI=1S/C20H21N3O4/c1-20(2)8-11-15(12(24)9-20)14(10-6-4-5-7-13(10)27-3)16-17(21-11)22-19(26)23-18(16)25/h4-7,14H,8-9H2,1-3H3,(H3,21,22,23,25,26)/t14-/m0/s1. The molecule has 27 heavy (non-hydrogen) atoms. The molecule has 0 fully saturated rings. The van der Waals surface area contributed by atoms with Gasteiger partial charge in [0.1, 0.15) is 11.6 Å². The van der Waals surface area contributed by atoms with Crippen molar-refractivity contribution in [3.05, 3.63) is 67.5 Å². The van der Waals surface area contributed by atoms with Gasteiger partial charge in [0, 0.05) is 23.3 Å². The van der Waals surface area contributed by atoms with E-state index >= 15 is 0 Å². The number of hydrogen-bond donors (Lipinski definition) is 3. The van der Waals surface area contributed by atoms with Gasteiger partial charge >= 0.3 is 5.69 Å². The van der Waals surface area contributed by atoms with Crippen LogP contribution in [0.15, 0.2) is 45.1 Å². The fraction of sp³-hybridized carbons (Fsp3) is 0.350. The molecule has 0 saturated carbocycles. The van der Waals surface area contributed by atoms with Gasteiger partial charge in [0.25, 0.3) is 5.56 Å². The summed E-state index contributed by atoms with van der Waals surface area (Å²) in [4.78, 5) is 42.6. The molecule has 0 radical (unpaired) electrons. The molecule has 2 heterocycles. The molecule has 0 saturated heterocycles. The summed E-state index contributed by atoms with van der Waals surface area (Å²) < 4.78 is 5.49. The van der Waals surface area contributed by atoms with Crippen LogP contribution in [0.2, 0.25) is 0 Å². The number of fused-ring (bicyclic) bond motifs is 1. The topological polar surface area (TPSA) is 104 Å². The average Bonchev–Trinajstić information content (AvgIpc) is 2.58. The first-order valence-corrected chi connectivity index (χ1v) is 8.83. The number of Topliss-reactive ketones (excluding diaryl/α,β-unsaturated/α-hetero) is 1. The zero-order valence-electron chi connectivity index (χ0n) is 15.4. The van der Waals surface area contributed by atoms with Gasteiger partial charge in [-0.05, 0) is 17.9 Å². The second-order valence-corrected chi connectivity index (χ2v) is 7.83. The third kappa shape index (κ3) is 2.79. The Bertz CT molecular complexity index is 1090. The number of anilines is 1. The molecule has 0 unspecified atom stereocenters. The van der Waals surface area contributed by atoms with E-state index in [1.54, 1.807) is 13.2 Å². The van der Waals surface area contributed by atoms with Gasteiger partial charge in [-0.1, -0.05) is 32.0 Å². The molecule has 4 rings (SSSR count). The number of carbonyl (C=O) groups excluding carboxylic acids is 1. The van der Waals surface area contributed by atoms with E-state index in [0.29, 0.717) is 35.5 Å². The highest BCUT2D eigenvalue weighted by Crippen LogP contribution is 2.48. The van der Waals surface area contributed by atoms with Crippen molar-refractivity contribution in [2.75, 3.05) is 12.4 Å². The Balaban J connectivity index is 2.04. The molecular weight excluding hydrogens is 346 g/mol. The van der Waals surface area contributed by atoms with Crippen LogP contribution in [0.1, 0.15) is 43.7 Å². The summed E-state index contributed by atoms with van der Waals surface area (Å²) in [5.41, 5.74) is 1.07. The van der Waals surface area contributed by atoms with Gasteiger partial charge in [-0.15, -0.1) is 0 Å². The highest BCUT2D eigenvalue weighted by molar-refractivity contribution is 6.01. The van der Waals surface area contributed by atoms with Gasteiger partial charge in [-0.3, -0.25) is 19.6 Å². The molecular formula is C20H21N3O4.